The highest BCUT2D eigenvalue weighted by atomic mass is 32.1. The monoisotopic (exact) mass is 286 g/mol. The molecule has 0 unspecified atom stereocenters. The van der Waals surface area contributed by atoms with E-state index in [9.17, 15) is 4.79 Å². The summed E-state index contributed by atoms with van der Waals surface area (Å²) in [5.41, 5.74) is 1.64. The van der Waals surface area contributed by atoms with Gasteiger partial charge >= 0.3 is 0 Å². The Morgan fingerprint density at radius 3 is 2.65 bits per heavy atom. The van der Waals surface area contributed by atoms with Crippen LogP contribution in [0, 0.1) is 0 Å². The van der Waals surface area contributed by atoms with Crippen LogP contribution in [0.15, 0.2) is 35.8 Å². The Bertz CT molecular complexity index is 572. The minimum Gasteiger partial charge on any atom is -0.339 e. The first kappa shape index (κ1) is 13.3. The Hall–Kier alpha value is -1.68. The van der Waals surface area contributed by atoms with Gasteiger partial charge in [0, 0.05) is 24.8 Å². The van der Waals surface area contributed by atoms with Gasteiger partial charge in [-0.1, -0.05) is 18.9 Å². The summed E-state index contributed by atoms with van der Waals surface area (Å²) in [4.78, 5) is 20.0. The van der Waals surface area contributed by atoms with E-state index in [0.717, 1.165) is 42.1 Å². The van der Waals surface area contributed by atoms with Gasteiger partial charge in [-0.25, -0.2) is 0 Å². The van der Waals surface area contributed by atoms with Gasteiger partial charge in [0.2, 0.25) is 0 Å². The summed E-state index contributed by atoms with van der Waals surface area (Å²) in [5, 5.41) is 2.03. The van der Waals surface area contributed by atoms with Crippen molar-refractivity contribution in [3.05, 3.63) is 41.4 Å². The first-order valence-electron chi connectivity index (χ1n) is 7.14. The summed E-state index contributed by atoms with van der Waals surface area (Å²) >= 11 is 1.65. The van der Waals surface area contributed by atoms with Crippen molar-refractivity contribution in [2.45, 2.75) is 25.7 Å². The maximum atomic E-state index is 12.6. The molecule has 1 aliphatic rings. The summed E-state index contributed by atoms with van der Waals surface area (Å²) in [5.74, 6) is 0.145. The van der Waals surface area contributed by atoms with Crippen LogP contribution in [0.25, 0.3) is 10.6 Å². The number of nitrogens with zero attached hydrogens (tertiary/aromatic N) is 2. The molecule has 1 fully saturated rings. The first-order chi connectivity index (χ1) is 9.84. The topological polar surface area (TPSA) is 33.2 Å². The Labute approximate surface area is 123 Å². The number of carbonyl (C=O) groups excluding carboxylic acids is 1. The zero-order valence-corrected chi connectivity index (χ0v) is 12.2. The number of thiophene rings is 1. The number of aromatic nitrogens is 1. The molecule has 104 valence electrons. The van der Waals surface area contributed by atoms with Crippen LogP contribution in [0.4, 0.5) is 0 Å². The zero-order chi connectivity index (χ0) is 13.8. The summed E-state index contributed by atoms with van der Waals surface area (Å²) in [6, 6.07) is 7.78. The normalized spacial score (nSPS) is 15.9. The number of rotatable bonds is 2. The molecule has 0 aromatic carbocycles. The van der Waals surface area contributed by atoms with E-state index in [1.807, 2.05) is 34.5 Å². The number of carbonyl (C=O) groups is 1. The number of hydrogen-bond acceptors (Lipinski definition) is 3. The van der Waals surface area contributed by atoms with Crippen LogP contribution in [-0.2, 0) is 0 Å². The van der Waals surface area contributed by atoms with Crippen LogP contribution < -0.4 is 0 Å². The Morgan fingerprint density at radius 1 is 1.15 bits per heavy atom. The highest BCUT2D eigenvalue weighted by molar-refractivity contribution is 7.13. The molecule has 3 rings (SSSR count). The molecule has 1 amide bonds. The van der Waals surface area contributed by atoms with Crippen LogP contribution in [0.1, 0.15) is 36.0 Å². The van der Waals surface area contributed by atoms with E-state index in [0.29, 0.717) is 0 Å². The smallest absolute Gasteiger partial charge is 0.253 e. The molecule has 20 heavy (non-hydrogen) atoms. The molecule has 0 bridgehead atoms. The highest BCUT2D eigenvalue weighted by Gasteiger charge is 2.17. The lowest BCUT2D eigenvalue weighted by atomic mass is 10.2. The lowest BCUT2D eigenvalue weighted by molar-refractivity contribution is 0.0761. The maximum Gasteiger partial charge on any atom is 0.253 e. The quantitative estimate of drug-likeness (QED) is 0.840. The van der Waals surface area contributed by atoms with Crippen molar-refractivity contribution < 1.29 is 4.79 Å². The SMILES string of the molecule is O=C(c1ccnc(-c2cccs2)c1)N1CCCCCC1. The summed E-state index contributed by atoms with van der Waals surface area (Å²) in [7, 11) is 0. The molecule has 0 aliphatic carbocycles. The van der Waals surface area contributed by atoms with Crippen molar-refractivity contribution in [2.24, 2.45) is 0 Å². The summed E-state index contributed by atoms with van der Waals surface area (Å²) in [6.07, 6.45) is 6.45. The van der Waals surface area contributed by atoms with E-state index in [1.54, 1.807) is 17.5 Å². The van der Waals surface area contributed by atoms with Crippen LogP contribution in [0.2, 0.25) is 0 Å². The average molecular weight is 286 g/mol. The van der Waals surface area contributed by atoms with Crippen LogP contribution in [0.3, 0.4) is 0 Å². The standard InChI is InChI=1S/C16H18N2OS/c19-16(18-9-3-1-2-4-10-18)13-7-8-17-14(12-13)15-6-5-11-20-15/h5-8,11-12H,1-4,9-10H2. The molecule has 0 spiro atoms. The van der Waals surface area contributed by atoms with E-state index in [2.05, 4.69) is 4.98 Å². The van der Waals surface area contributed by atoms with Gasteiger partial charge in [-0.15, -0.1) is 11.3 Å². The lowest BCUT2D eigenvalue weighted by Crippen LogP contribution is -2.31. The molecule has 4 heteroatoms. The fourth-order valence-electron chi connectivity index (χ4n) is 2.58. The summed E-state index contributed by atoms with van der Waals surface area (Å²) in [6.45, 7) is 1.77. The van der Waals surface area contributed by atoms with Gasteiger partial charge in [-0.05, 0) is 36.4 Å². The molecule has 1 saturated heterocycles. The van der Waals surface area contributed by atoms with Crippen molar-refractivity contribution in [3.63, 3.8) is 0 Å². The van der Waals surface area contributed by atoms with Crippen LogP contribution in [-0.4, -0.2) is 28.9 Å². The van der Waals surface area contributed by atoms with Crippen LogP contribution in [0.5, 0.6) is 0 Å². The fourth-order valence-corrected chi connectivity index (χ4v) is 3.27. The van der Waals surface area contributed by atoms with E-state index in [4.69, 9.17) is 0 Å². The van der Waals surface area contributed by atoms with Gasteiger partial charge in [0.1, 0.15) is 0 Å². The zero-order valence-electron chi connectivity index (χ0n) is 11.4. The highest BCUT2D eigenvalue weighted by Crippen LogP contribution is 2.23. The number of hydrogen-bond donors (Lipinski definition) is 0. The minimum absolute atomic E-state index is 0.145. The largest absolute Gasteiger partial charge is 0.339 e. The molecule has 0 radical (unpaired) electrons. The van der Waals surface area contributed by atoms with Gasteiger partial charge in [-0.3, -0.25) is 9.78 Å². The van der Waals surface area contributed by atoms with Gasteiger partial charge in [0.05, 0.1) is 10.6 Å². The second-order valence-corrected chi connectivity index (χ2v) is 6.06. The Kier molecular flexibility index (Phi) is 4.11. The lowest BCUT2D eigenvalue weighted by Gasteiger charge is -2.20. The Morgan fingerprint density at radius 2 is 1.95 bits per heavy atom. The molecular weight excluding hydrogens is 268 g/mol. The third-order valence-electron chi connectivity index (χ3n) is 3.67. The molecule has 0 saturated carbocycles. The van der Waals surface area contributed by atoms with Gasteiger partial charge in [-0.2, -0.15) is 0 Å². The molecule has 0 N–H and O–H groups in total. The molecule has 3 heterocycles. The number of pyridine rings is 1. The van der Waals surface area contributed by atoms with E-state index >= 15 is 0 Å². The second-order valence-electron chi connectivity index (χ2n) is 5.11. The van der Waals surface area contributed by atoms with E-state index in [-0.39, 0.29) is 5.91 Å². The van der Waals surface area contributed by atoms with Crippen molar-refractivity contribution in [3.8, 4) is 10.6 Å². The van der Waals surface area contributed by atoms with Crippen LogP contribution >= 0.6 is 11.3 Å². The number of likely N-dealkylation sites (tertiary alicyclic amines) is 1. The minimum atomic E-state index is 0.145. The molecule has 1 aliphatic heterocycles. The van der Waals surface area contributed by atoms with Gasteiger partial charge in [0.25, 0.3) is 5.91 Å². The molecule has 2 aromatic rings. The first-order valence-corrected chi connectivity index (χ1v) is 8.02. The molecule has 0 atom stereocenters. The number of amides is 1. The molecule has 3 nitrogen and oxygen atoms in total. The van der Waals surface area contributed by atoms with Gasteiger partial charge in [0.15, 0.2) is 0 Å². The van der Waals surface area contributed by atoms with Crippen molar-refractivity contribution in [1.29, 1.82) is 0 Å². The molecular formula is C16H18N2OS. The van der Waals surface area contributed by atoms with E-state index < -0.39 is 0 Å². The van der Waals surface area contributed by atoms with Crippen molar-refractivity contribution in [1.82, 2.24) is 9.88 Å². The van der Waals surface area contributed by atoms with Crippen molar-refractivity contribution >= 4 is 17.2 Å². The predicted octanol–water partition coefficient (Wildman–Crippen LogP) is 3.83. The third-order valence-corrected chi connectivity index (χ3v) is 4.57. The predicted molar refractivity (Wildman–Crippen MR) is 81.9 cm³/mol. The van der Waals surface area contributed by atoms with Gasteiger partial charge < -0.3 is 4.90 Å². The third kappa shape index (κ3) is 2.90. The summed E-state index contributed by atoms with van der Waals surface area (Å²) < 4.78 is 0. The fraction of sp³-hybridized carbons (Fsp3) is 0.375. The second kappa shape index (κ2) is 6.18. The Balaban J connectivity index is 1.82. The average Bonchev–Trinajstić information content (AvgIpc) is 2.89. The molecule has 2 aromatic heterocycles. The van der Waals surface area contributed by atoms with E-state index in [1.165, 1.54) is 12.8 Å². The van der Waals surface area contributed by atoms with Crippen molar-refractivity contribution in [2.75, 3.05) is 13.1 Å². The maximum absolute atomic E-state index is 12.6.